The van der Waals surface area contributed by atoms with Crippen LogP contribution in [0.5, 0.6) is 0 Å². The number of allylic oxidation sites excluding steroid dienone is 2. The van der Waals surface area contributed by atoms with Gasteiger partial charge in [0.15, 0.2) is 0 Å². The summed E-state index contributed by atoms with van der Waals surface area (Å²) in [6.07, 6.45) is 14.0. The maximum absolute atomic E-state index is 4.71. The number of nitrogens with zero attached hydrogens (tertiary/aromatic N) is 2. The average Bonchev–Trinajstić information content (AvgIpc) is 2.61. The van der Waals surface area contributed by atoms with Crippen LogP contribution in [-0.2, 0) is 0 Å². The summed E-state index contributed by atoms with van der Waals surface area (Å²) < 4.78 is 0. The van der Waals surface area contributed by atoms with Gasteiger partial charge in [0.05, 0.1) is 17.9 Å². The molecule has 0 fully saturated rings. The van der Waals surface area contributed by atoms with Crippen LogP contribution < -0.4 is 0 Å². The molecule has 16 heavy (non-hydrogen) atoms. The first-order valence-electron chi connectivity index (χ1n) is 6.45. The second-order valence-corrected chi connectivity index (χ2v) is 4.65. The minimum absolute atomic E-state index is 0.424. The third-order valence-electron chi connectivity index (χ3n) is 3.43. The molecule has 0 aromatic carbocycles. The van der Waals surface area contributed by atoms with Crippen molar-refractivity contribution in [2.24, 2.45) is 4.99 Å². The van der Waals surface area contributed by atoms with Crippen LogP contribution >= 0.6 is 0 Å². The van der Waals surface area contributed by atoms with Crippen molar-refractivity contribution in [3.05, 3.63) is 24.3 Å². The molecular formula is C14H22N2. The van der Waals surface area contributed by atoms with Crippen molar-refractivity contribution in [3.63, 3.8) is 0 Å². The van der Waals surface area contributed by atoms with E-state index in [4.69, 9.17) is 4.99 Å². The van der Waals surface area contributed by atoms with Crippen LogP contribution in [0.3, 0.4) is 0 Å². The third-order valence-corrected chi connectivity index (χ3v) is 3.43. The van der Waals surface area contributed by atoms with Gasteiger partial charge in [0.1, 0.15) is 0 Å². The number of fused-ring (bicyclic) bond motifs is 1. The third kappa shape index (κ3) is 2.37. The fourth-order valence-corrected chi connectivity index (χ4v) is 2.54. The van der Waals surface area contributed by atoms with Gasteiger partial charge in [-0.15, -0.1) is 0 Å². The molecule has 2 unspecified atom stereocenters. The molecule has 0 N–H and O–H groups in total. The summed E-state index contributed by atoms with van der Waals surface area (Å²) in [6, 6.07) is 1.05. The lowest BCUT2D eigenvalue weighted by Gasteiger charge is -2.29. The Labute approximate surface area is 98.7 Å². The summed E-state index contributed by atoms with van der Waals surface area (Å²) >= 11 is 0. The van der Waals surface area contributed by atoms with Crippen molar-refractivity contribution in [1.29, 1.82) is 0 Å². The SMILES string of the molecule is CCC/C=C\CN1C(C)=NC2C=CCCC21. The van der Waals surface area contributed by atoms with E-state index in [1.807, 2.05) is 0 Å². The molecule has 2 rings (SSSR count). The van der Waals surface area contributed by atoms with Crippen molar-refractivity contribution in [2.75, 3.05) is 6.54 Å². The topological polar surface area (TPSA) is 15.6 Å². The van der Waals surface area contributed by atoms with E-state index >= 15 is 0 Å². The molecule has 0 spiro atoms. The standard InChI is InChI=1S/C14H22N2/c1-3-4-5-8-11-16-12(2)15-13-9-6-7-10-14(13)16/h5-6,8-9,13-14H,3-4,7,10-11H2,1-2H3/b8-5-. The van der Waals surface area contributed by atoms with Gasteiger partial charge in [0.2, 0.25) is 0 Å². The lowest BCUT2D eigenvalue weighted by atomic mass is 9.97. The maximum Gasteiger partial charge on any atom is 0.0972 e. The monoisotopic (exact) mass is 218 g/mol. The predicted molar refractivity (Wildman–Crippen MR) is 69.8 cm³/mol. The van der Waals surface area contributed by atoms with Gasteiger partial charge in [-0.3, -0.25) is 4.99 Å². The molecule has 88 valence electrons. The number of hydrogen-bond acceptors (Lipinski definition) is 2. The Balaban J connectivity index is 1.94. The first-order valence-corrected chi connectivity index (χ1v) is 6.45. The smallest absolute Gasteiger partial charge is 0.0972 e. The van der Waals surface area contributed by atoms with E-state index in [1.165, 1.54) is 31.5 Å². The largest absolute Gasteiger partial charge is 0.351 e. The molecule has 2 aliphatic rings. The zero-order valence-electron chi connectivity index (χ0n) is 10.4. The quantitative estimate of drug-likeness (QED) is 0.662. The number of rotatable bonds is 4. The van der Waals surface area contributed by atoms with Crippen LogP contribution in [0.25, 0.3) is 0 Å². The van der Waals surface area contributed by atoms with Crippen molar-refractivity contribution in [2.45, 2.75) is 51.6 Å². The van der Waals surface area contributed by atoms with Crippen molar-refractivity contribution < 1.29 is 0 Å². The Morgan fingerprint density at radius 3 is 3.19 bits per heavy atom. The van der Waals surface area contributed by atoms with Gasteiger partial charge in [-0.25, -0.2) is 0 Å². The number of aliphatic imine (C=N–C) groups is 1. The number of amidine groups is 1. The molecule has 0 amide bonds. The van der Waals surface area contributed by atoms with Gasteiger partial charge >= 0.3 is 0 Å². The molecule has 0 aromatic heterocycles. The van der Waals surface area contributed by atoms with E-state index < -0.39 is 0 Å². The second kappa shape index (κ2) is 5.33. The van der Waals surface area contributed by atoms with Crippen molar-refractivity contribution in [3.8, 4) is 0 Å². The molecule has 2 heteroatoms. The van der Waals surface area contributed by atoms with Crippen LogP contribution in [0, 0.1) is 0 Å². The highest BCUT2D eigenvalue weighted by Gasteiger charge is 2.32. The van der Waals surface area contributed by atoms with Crippen molar-refractivity contribution >= 4 is 5.84 Å². The fourth-order valence-electron chi connectivity index (χ4n) is 2.54. The van der Waals surface area contributed by atoms with E-state index in [0.717, 1.165) is 6.54 Å². The fraction of sp³-hybridized carbons (Fsp3) is 0.643. The Bertz CT molecular complexity index is 315. The maximum atomic E-state index is 4.71. The molecule has 1 heterocycles. The van der Waals surface area contributed by atoms with Crippen LogP contribution in [0.4, 0.5) is 0 Å². The van der Waals surface area contributed by atoms with Gasteiger partial charge in [-0.05, 0) is 26.2 Å². The van der Waals surface area contributed by atoms with E-state index in [0.29, 0.717) is 12.1 Å². The molecule has 0 bridgehead atoms. The van der Waals surface area contributed by atoms with E-state index in [-0.39, 0.29) is 0 Å². The summed E-state index contributed by atoms with van der Waals surface area (Å²) in [5.41, 5.74) is 0. The lowest BCUT2D eigenvalue weighted by molar-refractivity contribution is 0.322. The van der Waals surface area contributed by atoms with Gasteiger partial charge in [-0.1, -0.05) is 37.6 Å². The molecule has 0 saturated heterocycles. The Hall–Kier alpha value is -1.05. The molecule has 0 aromatic rings. The molecule has 2 atom stereocenters. The molecule has 1 aliphatic carbocycles. The highest BCUT2D eigenvalue weighted by atomic mass is 15.3. The van der Waals surface area contributed by atoms with Gasteiger partial charge in [0, 0.05) is 6.54 Å². The molecule has 1 aliphatic heterocycles. The van der Waals surface area contributed by atoms with Crippen LogP contribution in [0.1, 0.15) is 39.5 Å². The van der Waals surface area contributed by atoms with E-state index in [1.54, 1.807) is 0 Å². The van der Waals surface area contributed by atoms with Gasteiger partial charge in [0.25, 0.3) is 0 Å². The van der Waals surface area contributed by atoms with Crippen molar-refractivity contribution in [1.82, 2.24) is 4.90 Å². The summed E-state index contributed by atoms with van der Waals surface area (Å²) in [5.74, 6) is 1.21. The highest BCUT2D eigenvalue weighted by Crippen LogP contribution is 2.26. The average molecular weight is 218 g/mol. The summed E-state index contributed by atoms with van der Waals surface area (Å²) in [7, 11) is 0. The predicted octanol–water partition coefficient (Wildman–Crippen LogP) is 3.16. The summed E-state index contributed by atoms with van der Waals surface area (Å²) in [6.45, 7) is 5.39. The molecule has 0 radical (unpaired) electrons. The van der Waals surface area contributed by atoms with E-state index in [9.17, 15) is 0 Å². The van der Waals surface area contributed by atoms with Crippen LogP contribution in [-0.4, -0.2) is 29.4 Å². The minimum Gasteiger partial charge on any atom is -0.351 e. The van der Waals surface area contributed by atoms with E-state index in [2.05, 4.69) is 43.1 Å². The molecule has 0 saturated carbocycles. The van der Waals surface area contributed by atoms with Crippen LogP contribution in [0.15, 0.2) is 29.3 Å². The first kappa shape index (κ1) is 11.4. The lowest BCUT2D eigenvalue weighted by Crippen LogP contribution is -2.39. The zero-order valence-corrected chi connectivity index (χ0v) is 10.4. The normalized spacial score (nSPS) is 28.6. The summed E-state index contributed by atoms with van der Waals surface area (Å²) in [5, 5.41) is 0. The second-order valence-electron chi connectivity index (χ2n) is 4.65. The minimum atomic E-state index is 0.424. The van der Waals surface area contributed by atoms with Crippen LogP contribution in [0.2, 0.25) is 0 Å². The highest BCUT2D eigenvalue weighted by molar-refractivity contribution is 5.82. The van der Waals surface area contributed by atoms with Gasteiger partial charge in [-0.2, -0.15) is 0 Å². The number of unbranched alkanes of at least 4 members (excludes halogenated alkanes) is 1. The Kier molecular flexibility index (Phi) is 3.81. The molecular weight excluding hydrogens is 196 g/mol. The Morgan fingerprint density at radius 2 is 2.38 bits per heavy atom. The molecule has 2 nitrogen and oxygen atoms in total. The Morgan fingerprint density at radius 1 is 1.50 bits per heavy atom. The number of hydrogen-bond donors (Lipinski definition) is 0. The first-order chi connectivity index (χ1) is 7.83. The summed E-state index contributed by atoms with van der Waals surface area (Å²) in [4.78, 5) is 7.17. The zero-order chi connectivity index (χ0) is 11.4. The van der Waals surface area contributed by atoms with Gasteiger partial charge < -0.3 is 4.90 Å².